The molecule has 0 unspecified atom stereocenters. The molecule has 0 radical (unpaired) electrons. The number of fused-ring (bicyclic) bond motifs is 1. The second-order valence-electron chi connectivity index (χ2n) is 4.83. The average Bonchev–Trinajstić information content (AvgIpc) is 2.47. The van der Waals surface area contributed by atoms with Crippen molar-refractivity contribution in [2.24, 2.45) is 0 Å². The molecule has 0 atom stereocenters. The highest BCUT2D eigenvalue weighted by Crippen LogP contribution is 2.18. The Morgan fingerprint density at radius 2 is 2.05 bits per heavy atom. The second kappa shape index (κ2) is 6.41. The fourth-order valence-electron chi connectivity index (χ4n) is 2.10. The minimum absolute atomic E-state index is 0.136. The van der Waals surface area contributed by atoms with Crippen molar-refractivity contribution < 1.29 is 14.3 Å². The van der Waals surface area contributed by atoms with Gasteiger partial charge in [0.2, 0.25) is 0 Å². The predicted molar refractivity (Wildman–Crippen MR) is 79.5 cm³/mol. The van der Waals surface area contributed by atoms with Gasteiger partial charge in [-0.15, -0.1) is 0 Å². The Kier molecular flexibility index (Phi) is 4.59. The third-order valence-corrected chi connectivity index (χ3v) is 3.20. The lowest BCUT2D eigenvalue weighted by molar-refractivity contribution is -0.141. The molecular formula is C15H18N2O4. The Balaban J connectivity index is 2.26. The molecule has 0 fully saturated rings. The number of hydrogen-bond acceptors (Lipinski definition) is 5. The van der Waals surface area contributed by atoms with E-state index in [1.165, 1.54) is 7.11 Å². The lowest BCUT2D eigenvalue weighted by Gasteiger charge is -2.14. The normalized spacial score (nSPS) is 10.9. The van der Waals surface area contributed by atoms with Crippen LogP contribution in [0, 0.1) is 0 Å². The van der Waals surface area contributed by atoms with E-state index in [4.69, 9.17) is 4.74 Å². The summed E-state index contributed by atoms with van der Waals surface area (Å²) in [5.74, 6) is 0.355. The van der Waals surface area contributed by atoms with E-state index < -0.39 is 0 Å². The fourth-order valence-corrected chi connectivity index (χ4v) is 2.10. The fraction of sp³-hybridized carbons (Fsp3) is 0.333. The van der Waals surface area contributed by atoms with Crippen LogP contribution in [0.4, 0.5) is 0 Å². The summed E-state index contributed by atoms with van der Waals surface area (Å²) in [6, 6.07) is 7.32. The number of ether oxygens (including phenoxy) is 2. The van der Waals surface area contributed by atoms with Crippen molar-refractivity contribution in [3.8, 4) is 5.75 Å². The van der Waals surface area contributed by atoms with Crippen molar-refractivity contribution in [2.75, 3.05) is 27.8 Å². The molecule has 0 saturated heterocycles. The summed E-state index contributed by atoms with van der Waals surface area (Å²) < 4.78 is 9.74. The molecule has 0 aliphatic heterocycles. The van der Waals surface area contributed by atoms with Gasteiger partial charge in [0.05, 0.1) is 26.3 Å². The van der Waals surface area contributed by atoms with Crippen molar-refractivity contribution in [3.05, 3.63) is 40.2 Å². The summed E-state index contributed by atoms with van der Waals surface area (Å²) in [5.41, 5.74) is 1.14. The van der Waals surface area contributed by atoms with Crippen LogP contribution < -0.4 is 10.3 Å². The molecule has 0 aliphatic rings. The summed E-state index contributed by atoms with van der Waals surface area (Å²) in [6.45, 7) is 0.503. The van der Waals surface area contributed by atoms with E-state index in [9.17, 15) is 9.59 Å². The average molecular weight is 290 g/mol. The molecule has 0 aliphatic carbocycles. The molecule has 21 heavy (non-hydrogen) atoms. The predicted octanol–water partition coefficient (Wildman–Crippen LogP) is 1.14. The minimum Gasteiger partial charge on any atom is -0.497 e. The molecule has 1 N–H and O–H groups in total. The van der Waals surface area contributed by atoms with Gasteiger partial charge in [0, 0.05) is 18.2 Å². The van der Waals surface area contributed by atoms with Crippen LogP contribution in [0.25, 0.3) is 10.9 Å². The number of nitrogens with one attached hydrogen (secondary N) is 1. The first-order valence-electron chi connectivity index (χ1n) is 6.49. The zero-order valence-electron chi connectivity index (χ0n) is 12.3. The number of benzene rings is 1. The largest absolute Gasteiger partial charge is 0.497 e. The molecule has 0 saturated carbocycles. The number of rotatable bonds is 5. The van der Waals surface area contributed by atoms with Crippen LogP contribution >= 0.6 is 0 Å². The molecule has 6 nitrogen and oxygen atoms in total. The number of aromatic amines is 1. The van der Waals surface area contributed by atoms with E-state index in [1.807, 2.05) is 18.2 Å². The zero-order valence-corrected chi connectivity index (χ0v) is 12.3. The topological polar surface area (TPSA) is 71.6 Å². The van der Waals surface area contributed by atoms with Crippen molar-refractivity contribution in [1.29, 1.82) is 0 Å². The van der Waals surface area contributed by atoms with E-state index >= 15 is 0 Å². The van der Waals surface area contributed by atoms with Gasteiger partial charge >= 0.3 is 5.97 Å². The lowest BCUT2D eigenvalue weighted by atomic mass is 10.1. The lowest BCUT2D eigenvalue weighted by Crippen LogP contribution is -2.29. The quantitative estimate of drug-likeness (QED) is 0.836. The Bertz CT molecular complexity index is 708. The van der Waals surface area contributed by atoms with Crippen LogP contribution in [0.1, 0.15) is 5.56 Å². The highest BCUT2D eigenvalue weighted by molar-refractivity contribution is 5.80. The van der Waals surface area contributed by atoms with Crippen LogP contribution in [0.3, 0.4) is 0 Å². The van der Waals surface area contributed by atoms with Gasteiger partial charge in [-0.25, -0.2) is 0 Å². The minimum atomic E-state index is -0.334. The van der Waals surface area contributed by atoms with E-state index in [0.29, 0.717) is 17.9 Å². The number of nitrogens with zero attached hydrogens (tertiary/aromatic N) is 1. The number of esters is 1. The van der Waals surface area contributed by atoms with Gasteiger partial charge in [-0.05, 0) is 30.6 Å². The van der Waals surface area contributed by atoms with Crippen LogP contribution in [-0.4, -0.2) is 43.7 Å². The maximum absolute atomic E-state index is 12.1. The molecular weight excluding hydrogens is 272 g/mol. The molecule has 1 aromatic heterocycles. The van der Waals surface area contributed by atoms with Crippen molar-refractivity contribution >= 4 is 16.9 Å². The molecule has 2 rings (SSSR count). The molecule has 1 aromatic carbocycles. The second-order valence-corrected chi connectivity index (χ2v) is 4.83. The number of pyridine rings is 1. The monoisotopic (exact) mass is 290 g/mol. The first kappa shape index (κ1) is 15.1. The SMILES string of the molecule is COC(=O)CN(C)Cc1cc2ccc(OC)cc2[nH]c1=O. The zero-order chi connectivity index (χ0) is 15.4. The number of methoxy groups -OCH3 is 2. The molecule has 0 amide bonds. The van der Waals surface area contributed by atoms with Gasteiger partial charge < -0.3 is 14.5 Å². The third-order valence-electron chi connectivity index (χ3n) is 3.20. The Hall–Kier alpha value is -2.34. The van der Waals surface area contributed by atoms with Gasteiger partial charge in [-0.1, -0.05) is 0 Å². The molecule has 6 heteroatoms. The van der Waals surface area contributed by atoms with Gasteiger partial charge in [0.15, 0.2) is 0 Å². The van der Waals surface area contributed by atoms with Gasteiger partial charge in [0.1, 0.15) is 5.75 Å². The Morgan fingerprint density at radius 3 is 2.71 bits per heavy atom. The molecule has 112 valence electrons. The smallest absolute Gasteiger partial charge is 0.319 e. The number of H-pyrrole nitrogens is 1. The Morgan fingerprint density at radius 1 is 1.29 bits per heavy atom. The van der Waals surface area contributed by atoms with E-state index in [1.54, 1.807) is 25.1 Å². The summed E-state index contributed by atoms with van der Waals surface area (Å²) in [4.78, 5) is 27.9. The van der Waals surface area contributed by atoms with E-state index in [2.05, 4.69) is 9.72 Å². The van der Waals surface area contributed by atoms with Crippen LogP contribution in [0.15, 0.2) is 29.1 Å². The summed E-state index contributed by atoms with van der Waals surface area (Å²) >= 11 is 0. The third kappa shape index (κ3) is 3.61. The molecule has 0 bridgehead atoms. The van der Waals surface area contributed by atoms with Gasteiger partial charge in [0.25, 0.3) is 5.56 Å². The van der Waals surface area contributed by atoms with Crippen molar-refractivity contribution in [3.63, 3.8) is 0 Å². The summed E-state index contributed by atoms with van der Waals surface area (Å²) in [6.07, 6.45) is 0. The number of aromatic nitrogens is 1. The number of hydrogen-bond donors (Lipinski definition) is 1. The van der Waals surface area contributed by atoms with Crippen molar-refractivity contribution in [1.82, 2.24) is 9.88 Å². The van der Waals surface area contributed by atoms with Crippen molar-refractivity contribution in [2.45, 2.75) is 6.54 Å². The molecule has 2 aromatic rings. The number of likely N-dealkylation sites (N-methyl/N-ethyl adjacent to an activating group) is 1. The standard InChI is InChI=1S/C15H18N2O4/c1-17(9-14(18)21-3)8-11-6-10-4-5-12(20-2)7-13(10)16-15(11)19/h4-7H,8-9H2,1-3H3,(H,16,19). The van der Waals surface area contributed by atoms with Crippen LogP contribution in [0.2, 0.25) is 0 Å². The van der Waals surface area contributed by atoms with E-state index in [0.717, 1.165) is 10.9 Å². The maximum Gasteiger partial charge on any atom is 0.319 e. The first-order valence-corrected chi connectivity index (χ1v) is 6.49. The first-order chi connectivity index (χ1) is 10.0. The van der Waals surface area contributed by atoms with Crippen LogP contribution in [0.5, 0.6) is 5.75 Å². The van der Waals surface area contributed by atoms with E-state index in [-0.39, 0.29) is 18.1 Å². The summed E-state index contributed by atoms with van der Waals surface area (Å²) in [5, 5.41) is 0.914. The van der Waals surface area contributed by atoms with Crippen LogP contribution in [-0.2, 0) is 16.1 Å². The number of carbonyl (C=O) groups is 1. The van der Waals surface area contributed by atoms with Gasteiger partial charge in [-0.2, -0.15) is 0 Å². The molecule has 1 heterocycles. The highest BCUT2D eigenvalue weighted by atomic mass is 16.5. The molecule has 0 spiro atoms. The highest BCUT2D eigenvalue weighted by Gasteiger charge is 2.10. The number of carbonyl (C=O) groups excluding carboxylic acids is 1. The maximum atomic E-state index is 12.1. The summed E-state index contributed by atoms with van der Waals surface area (Å²) in [7, 11) is 4.68. The van der Waals surface area contributed by atoms with Gasteiger partial charge in [-0.3, -0.25) is 14.5 Å². The Labute approximate surface area is 122 Å².